The molecule has 0 saturated heterocycles. The van der Waals surface area contributed by atoms with Crippen LogP contribution in [0.1, 0.15) is 36.6 Å². The van der Waals surface area contributed by atoms with Gasteiger partial charge in [-0.1, -0.05) is 25.2 Å². The molecule has 3 nitrogen and oxygen atoms in total. The summed E-state index contributed by atoms with van der Waals surface area (Å²) in [6.45, 7) is 4.92. The zero-order valence-corrected chi connectivity index (χ0v) is 12.3. The van der Waals surface area contributed by atoms with Crippen LogP contribution in [0, 0.1) is 11.8 Å². The van der Waals surface area contributed by atoms with Crippen LogP contribution in [0.15, 0.2) is 11.4 Å². The molecule has 106 valence electrons. The fourth-order valence-electron chi connectivity index (χ4n) is 1.41. The van der Waals surface area contributed by atoms with Crippen molar-refractivity contribution in [1.29, 1.82) is 0 Å². The maximum Gasteiger partial charge on any atom is 0.0823 e. The predicted octanol–water partition coefficient (Wildman–Crippen LogP) is 2.82. The summed E-state index contributed by atoms with van der Waals surface area (Å²) in [5, 5.41) is 10.7. The Morgan fingerprint density at radius 2 is 2.11 bits per heavy atom. The zero-order valence-electron chi connectivity index (χ0n) is 11.5. The molecule has 0 fully saturated rings. The van der Waals surface area contributed by atoms with Crippen LogP contribution in [0.5, 0.6) is 0 Å². The third-order valence-electron chi connectivity index (χ3n) is 2.45. The molecule has 1 aromatic heterocycles. The number of hydrogen-bond donors (Lipinski definition) is 1. The van der Waals surface area contributed by atoms with Crippen molar-refractivity contribution in [2.24, 2.45) is 0 Å². The number of unbranched alkanes of at least 4 members (excludes halogenated alkanes) is 1. The first-order chi connectivity index (χ1) is 9.38. The first-order valence-corrected chi connectivity index (χ1v) is 7.58. The van der Waals surface area contributed by atoms with Gasteiger partial charge in [0.05, 0.1) is 26.4 Å². The quantitative estimate of drug-likeness (QED) is 0.559. The molecule has 0 bridgehead atoms. The van der Waals surface area contributed by atoms with E-state index in [0.29, 0.717) is 26.2 Å². The summed E-state index contributed by atoms with van der Waals surface area (Å²) >= 11 is 1.65. The number of ether oxygens (including phenoxy) is 2. The van der Waals surface area contributed by atoms with Gasteiger partial charge in [0.25, 0.3) is 0 Å². The van der Waals surface area contributed by atoms with Crippen LogP contribution >= 0.6 is 11.3 Å². The fourth-order valence-corrected chi connectivity index (χ4v) is 2.17. The van der Waals surface area contributed by atoms with E-state index in [-0.39, 0.29) is 6.61 Å². The van der Waals surface area contributed by atoms with Crippen LogP contribution < -0.4 is 0 Å². The molecular weight excluding hydrogens is 260 g/mol. The number of aliphatic hydroxyl groups excluding tert-OH is 1. The topological polar surface area (TPSA) is 38.7 Å². The van der Waals surface area contributed by atoms with Crippen molar-refractivity contribution in [2.45, 2.75) is 32.8 Å². The Balaban J connectivity index is 2.19. The molecule has 1 aromatic rings. The van der Waals surface area contributed by atoms with Gasteiger partial charge in [0.1, 0.15) is 0 Å². The molecule has 19 heavy (non-hydrogen) atoms. The van der Waals surface area contributed by atoms with E-state index >= 15 is 0 Å². The van der Waals surface area contributed by atoms with Crippen LogP contribution in [-0.4, -0.2) is 31.5 Å². The summed E-state index contributed by atoms with van der Waals surface area (Å²) in [5.74, 6) is 5.98. The van der Waals surface area contributed by atoms with E-state index in [2.05, 4.69) is 18.8 Å². The van der Waals surface area contributed by atoms with Crippen molar-refractivity contribution in [3.63, 3.8) is 0 Å². The summed E-state index contributed by atoms with van der Waals surface area (Å²) in [6, 6.07) is 1.99. The Labute approximate surface area is 119 Å². The van der Waals surface area contributed by atoms with Gasteiger partial charge in [-0.25, -0.2) is 0 Å². The Bertz CT molecular complexity index is 390. The van der Waals surface area contributed by atoms with E-state index in [1.165, 1.54) is 0 Å². The Morgan fingerprint density at radius 3 is 2.89 bits per heavy atom. The molecule has 0 saturated carbocycles. The lowest BCUT2D eigenvalue weighted by Crippen LogP contribution is -2.05. The van der Waals surface area contributed by atoms with E-state index < -0.39 is 0 Å². The molecule has 0 aromatic carbocycles. The zero-order chi connectivity index (χ0) is 13.8. The summed E-state index contributed by atoms with van der Waals surface area (Å²) in [4.78, 5) is 1.14. The lowest BCUT2D eigenvalue weighted by atomic mass is 10.2. The molecule has 4 heteroatoms. The van der Waals surface area contributed by atoms with Gasteiger partial charge in [-0.05, 0) is 17.9 Å². The Morgan fingerprint density at radius 1 is 1.26 bits per heavy atom. The number of thiophene rings is 1. The fraction of sp³-hybridized carbons (Fsp3) is 0.600. The molecule has 0 unspecified atom stereocenters. The third kappa shape index (κ3) is 7.34. The molecule has 1 rings (SSSR count). The highest BCUT2D eigenvalue weighted by Gasteiger charge is 2.01. The molecule has 0 atom stereocenters. The largest absolute Gasteiger partial charge is 0.395 e. The lowest BCUT2D eigenvalue weighted by Gasteiger charge is -2.04. The summed E-state index contributed by atoms with van der Waals surface area (Å²) in [6.07, 6.45) is 2.78. The minimum Gasteiger partial charge on any atom is -0.395 e. The standard InChI is InChI=1S/C15H22O3S/c1-2-3-9-17-10-11-18-13-15-14(7-12-19-15)6-4-5-8-16/h7,12,16H,2-3,5,8-11,13H2,1H3. The average molecular weight is 282 g/mol. The van der Waals surface area contributed by atoms with E-state index in [1.807, 2.05) is 11.4 Å². The molecule has 0 amide bonds. The van der Waals surface area contributed by atoms with Crippen molar-refractivity contribution in [2.75, 3.05) is 26.4 Å². The SMILES string of the molecule is CCCCOCCOCc1sccc1C#CCCO. The predicted molar refractivity (Wildman–Crippen MR) is 78.3 cm³/mol. The van der Waals surface area contributed by atoms with Gasteiger partial charge in [-0.2, -0.15) is 0 Å². The first kappa shape index (κ1) is 16.2. The summed E-state index contributed by atoms with van der Waals surface area (Å²) in [7, 11) is 0. The van der Waals surface area contributed by atoms with Gasteiger partial charge in [-0.15, -0.1) is 11.3 Å². The highest BCUT2D eigenvalue weighted by Crippen LogP contribution is 2.16. The number of rotatable bonds is 9. The van der Waals surface area contributed by atoms with Gasteiger partial charge in [0.15, 0.2) is 0 Å². The molecule has 0 aliphatic rings. The lowest BCUT2D eigenvalue weighted by molar-refractivity contribution is 0.0405. The molecule has 0 aliphatic heterocycles. The van der Waals surface area contributed by atoms with Gasteiger partial charge in [0.2, 0.25) is 0 Å². The monoisotopic (exact) mass is 282 g/mol. The van der Waals surface area contributed by atoms with Crippen LogP contribution in [-0.2, 0) is 16.1 Å². The molecule has 0 spiro atoms. The van der Waals surface area contributed by atoms with E-state index in [4.69, 9.17) is 14.6 Å². The molecule has 1 heterocycles. The van der Waals surface area contributed by atoms with E-state index in [0.717, 1.165) is 29.9 Å². The maximum absolute atomic E-state index is 8.69. The highest BCUT2D eigenvalue weighted by molar-refractivity contribution is 7.10. The molecular formula is C15H22O3S. The van der Waals surface area contributed by atoms with Crippen LogP contribution in [0.25, 0.3) is 0 Å². The second-order valence-corrected chi connectivity index (χ2v) is 5.05. The molecule has 1 N–H and O–H groups in total. The minimum absolute atomic E-state index is 0.109. The second kappa shape index (κ2) is 11.0. The number of aliphatic hydroxyl groups is 1. The van der Waals surface area contributed by atoms with Crippen LogP contribution in [0.4, 0.5) is 0 Å². The maximum atomic E-state index is 8.69. The van der Waals surface area contributed by atoms with Crippen molar-refractivity contribution >= 4 is 11.3 Å². The van der Waals surface area contributed by atoms with Gasteiger partial charge < -0.3 is 14.6 Å². The molecule has 0 radical (unpaired) electrons. The van der Waals surface area contributed by atoms with Crippen molar-refractivity contribution in [3.8, 4) is 11.8 Å². The van der Waals surface area contributed by atoms with E-state index in [1.54, 1.807) is 11.3 Å². The average Bonchev–Trinajstić information content (AvgIpc) is 2.86. The first-order valence-electron chi connectivity index (χ1n) is 6.70. The van der Waals surface area contributed by atoms with Crippen molar-refractivity contribution in [3.05, 3.63) is 21.9 Å². The van der Waals surface area contributed by atoms with Crippen molar-refractivity contribution in [1.82, 2.24) is 0 Å². The Hall–Kier alpha value is -0.860. The smallest absolute Gasteiger partial charge is 0.0823 e. The van der Waals surface area contributed by atoms with Crippen molar-refractivity contribution < 1.29 is 14.6 Å². The van der Waals surface area contributed by atoms with Crippen LogP contribution in [0.2, 0.25) is 0 Å². The summed E-state index contributed by atoms with van der Waals surface area (Å²) < 4.78 is 11.0. The normalized spacial score (nSPS) is 10.2. The minimum atomic E-state index is 0.109. The van der Waals surface area contributed by atoms with Gasteiger partial charge in [0, 0.05) is 23.5 Å². The van der Waals surface area contributed by atoms with Crippen LogP contribution in [0.3, 0.4) is 0 Å². The summed E-state index contributed by atoms with van der Waals surface area (Å²) in [5.41, 5.74) is 1.00. The number of hydrogen-bond acceptors (Lipinski definition) is 4. The van der Waals surface area contributed by atoms with Gasteiger partial charge >= 0.3 is 0 Å². The third-order valence-corrected chi connectivity index (χ3v) is 3.35. The second-order valence-electron chi connectivity index (χ2n) is 4.05. The Kier molecular flexibility index (Phi) is 9.38. The molecule has 0 aliphatic carbocycles. The van der Waals surface area contributed by atoms with Gasteiger partial charge in [-0.3, -0.25) is 0 Å². The highest BCUT2D eigenvalue weighted by atomic mass is 32.1. The van der Waals surface area contributed by atoms with E-state index in [9.17, 15) is 0 Å².